The molecule has 0 radical (unpaired) electrons. The summed E-state index contributed by atoms with van der Waals surface area (Å²) in [5.41, 5.74) is 0. The third kappa shape index (κ3) is 27.7. The Balaban J connectivity index is 2.05. The van der Waals surface area contributed by atoms with Gasteiger partial charge < -0.3 is 65.0 Å². The van der Waals surface area contributed by atoms with Crippen LogP contribution in [0.25, 0.3) is 0 Å². The molecule has 0 spiro atoms. The van der Waals surface area contributed by atoms with Crippen LogP contribution in [0, 0.1) is 0 Å². The number of hydrogen-bond acceptors (Lipinski definition) is 24. The molecular weight excluding hydrogens is 951 g/mol. The van der Waals surface area contributed by atoms with Crippen molar-refractivity contribution in [1.29, 1.82) is 0 Å². The highest BCUT2D eigenvalue weighted by Crippen LogP contribution is 2.32. The van der Waals surface area contributed by atoms with Gasteiger partial charge in [0, 0.05) is 109 Å². The average Bonchev–Trinajstić information content (AvgIpc) is 3.30. The number of rotatable bonds is 35. The van der Waals surface area contributed by atoms with Crippen LogP contribution < -0.4 is 16.0 Å². The summed E-state index contributed by atoms with van der Waals surface area (Å²) in [6.07, 6.45) is -4.19. The Labute approximate surface area is 404 Å². The van der Waals surface area contributed by atoms with Crippen molar-refractivity contribution in [3.63, 3.8) is 0 Å². The van der Waals surface area contributed by atoms with E-state index in [1.54, 1.807) is 9.80 Å². The number of aliphatic hydroxyl groups is 2. The minimum atomic E-state index is -1.51. The Hall–Kier alpha value is -2.63. The summed E-state index contributed by atoms with van der Waals surface area (Å²) >= 11 is 0.977. The molecule has 29 heteroatoms. The van der Waals surface area contributed by atoms with E-state index in [-0.39, 0.29) is 64.5 Å². The van der Waals surface area contributed by atoms with Gasteiger partial charge in [-0.1, -0.05) is 23.9 Å². The molecule has 2 rings (SSSR count). The summed E-state index contributed by atoms with van der Waals surface area (Å²) in [4.78, 5) is 71.0. The second-order valence-corrected chi connectivity index (χ2v) is 17.1. The molecule has 2 fully saturated rings. The molecule has 396 valence electrons. The molecule has 68 heavy (non-hydrogen) atoms. The van der Waals surface area contributed by atoms with Crippen molar-refractivity contribution >= 4 is 53.7 Å². The van der Waals surface area contributed by atoms with E-state index < -0.39 is 65.6 Å². The number of likely N-dealkylation sites (N-methyl/N-ethyl adjacent to an activating group) is 1. The number of hydrogen-bond donors (Lipinski definition) is 9. The maximum absolute atomic E-state index is 13.7. The van der Waals surface area contributed by atoms with Crippen LogP contribution >= 0.6 is 24.1 Å². The van der Waals surface area contributed by atoms with E-state index >= 15 is 0 Å². The molecule has 27 nitrogen and oxygen atoms in total. The number of carbonyl (C=O) groups is 5. The van der Waals surface area contributed by atoms with E-state index in [2.05, 4.69) is 39.6 Å². The third-order valence-corrected chi connectivity index (χ3v) is 12.0. The lowest BCUT2D eigenvalue weighted by atomic mass is 10.0. The molecule has 5 unspecified atom stereocenters. The topological polar surface area (TPSA) is 339 Å². The van der Waals surface area contributed by atoms with Crippen molar-refractivity contribution in [3.05, 3.63) is 0 Å². The minimum Gasteiger partial charge on any atom is -0.480 e. The average molecular weight is 1020 g/mol. The van der Waals surface area contributed by atoms with Gasteiger partial charge in [0.1, 0.15) is 12.1 Å². The number of carboxylic acids is 2. The van der Waals surface area contributed by atoms with E-state index in [9.17, 15) is 44.4 Å². The van der Waals surface area contributed by atoms with Crippen molar-refractivity contribution in [2.24, 2.45) is 0 Å². The van der Waals surface area contributed by atoms with Gasteiger partial charge in [-0.3, -0.25) is 38.7 Å². The summed E-state index contributed by atoms with van der Waals surface area (Å²) in [7, 11) is 0. The molecule has 2 aliphatic rings. The van der Waals surface area contributed by atoms with Gasteiger partial charge in [-0.05, 0) is 25.8 Å². The molecule has 9 N–H and O–H groups in total. The first kappa shape index (κ1) is 61.5. The Morgan fingerprint density at radius 1 is 0.676 bits per heavy atom. The van der Waals surface area contributed by atoms with Crippen LogP contribution in [0.2, 0.25) is 0 Å². The zero-order valence-corrected chi connectivity index (χ0v) is 40.5. The van der Waals surface area contributed by atoms with Crippen LogP contribution in [0.15, 0.2) is 0 Å². The number of carbonyl (C=O) groups excluding carboxylic acids is 3. The van der Waals surface area contributed by atoms with Crippen LogP contribution in [0.1, 0.15) is 39.5 Å². The van der Waals surface area contributed by atoms with Gasteiger partial charge in [-0.25, -0.2) is 10.5 Å². The first-order chi connectivity index (χ1) is 32.8. The normalized spacial score (nSPS) is 22.2. The molecule has 0 aliphatic carbocycles. The van der Waals surface area contributed by atoms with Crippen LogP contribution in [-0.2, 0) is 66.4 Å². The fraction of sp³-hybridized carbons (Fsp3) is 0.872. The molecule has 6 atom stereocenters. The van der Waals surface area contributed by atoms with Gasteiger partial charge in [0.25, 0.3) is 0 Å². The maximum atomic E-state index is 13.7. The van der Waals surface area contributed by atoms with Gasteiger partial charge in [0.15, 0.2) is 6.29 Å². The summed E-state index contributed by atoms with van der Waals surface area (Å²) in [6.45, 7) is 9.90. The maximum Gasteiger partial charge on any atom is 0.317 e. The molecule has 0 aromatic heterocycles. The molecule has 2 aliphatic heterocycles. The van der Waals surface area contributed by atoms with Crippen molar-refractivity contribution in [3.8, 4) is 0 Å². The molecule has 2 heterocycles. The molecule has 0 saturated carbocycles. The summed E-state index contributed by atoms with van der Waals surface area (Å²) in [5.74, 6) is -3.64. The SMILES string of the molecule is CCCOCCOCCOCCCNC(=O)[C@@H](CCC(=O)NCCOC1OC(CSOOO)C(O)C(SOOO)C1O)NC(=O)CN1CCN(CC)CCN(CC(=O)O)CCN(CC(=O)O)CC1. The lowest BCUT2D eigenvalue weighted by Gasteiger charge is -2.41. The highest BCUT2D eigenvalue weighted by atomic mass is 32.2. The Morgan fingerprint density at radius 2 is 1.24 bits per heavy atom. The van der Waals surface area contributed by atoms with E-state index in [0.717, 1.165) is 6.42 Å². The zero-order chi connectivity index (χ0) is 49.9. The smallest absolute Gasteiger partial charge is 0.317 e. The van der Waals surface area contributed by atoms with Crippen molar-refractivity contribution < 1.29 is 97.3 Å². The monoisotopic (exact) mass is 1020 g/mol. The summed E-state index contributed by atoms with van der Waals surface area (Å²) in [6, 6.07) is -1.12. The van der Waals surface area contributed by atoms with Crippen LogP contribution in [-0.4, -0.2) is 260 Å². The number of amides is 3. The minimum absolute atomic E-state index is 0.0793. The number of nitrogens with zero attached hydrogens (tertiary/aromatic N) is 4. The Bertz CT molecular complexity index is 1410. The van der Waals surface area contributed by atoms with Crippen LogP contribution in [0.3, 0.4) is 0 Å². The van der Waals surface area contributed by atoms with E-state index in [1.165, 1.54) is 0 Å². The zero-order valence-electron chi connectivity index (χ0n) is 38.9. The molecule has 2 saturated heterocycles. The van der Waals surface area contributed by atoms with Gasteiger partial charge in [-0.2, -0.15) is 0 Å². The quantitative estimate of drug-likeness (QED) is 0.0140. The second kappa shape index (κ2) is 38.1. The summed E-state index contributed by atoms with van der Waals surface area (Å²) in [5, 5.41) is 71.6. The van der Waals surface area contributed by atoms with E-state index in [0.29, 0.717) is 123 Å². The second-order valence-electron chi connectivity index (χ2n) is 15.6. The fourth-order valence-electron chi connectivity index (χ4n) is 6.86. The standard InChI is InChI=1S/C39H73N7O20S2/c1-3-18-58-21-23-60-24-22-59-19-5-8-41-38(55)29(6-7-31(47)40-9-20-61-39-36(54)37(68-66-64-57)35(53)30(62-39)28-67-65-63-56)42-32(48)25-44-12-10-43(4-2)11-13-45(26-33(49)50)16-17-46(15-14-44)27-34(51)52/h29-30,35-37,39,53-54,56-57H,3-28H2,1-2H3,(H,40,47)(H,41,55)(H,42,48)(H,49,50)(H,51,52)/t29-,30?,35?,36?,37?,39?/m1/s1. The molecule has 0 aromatic carbocycles. The molecule has 0 bridgehead atoms. The van der Waals surface area contributed by atoms with Crippen molar-refractivity contribution in [2.45, 2.75) is 75.4 Å². The van der Waals surface area contributed by atoms with Gasteiger partial charge in [0.05, 0.1) is 75.9 Å². The van der Waals surface area contributed by atoms with E-state index in [4.69, 9.17) is 34.2 Å². The number of nitrogens with one attached hydrogen (secondary N) is 3. The van der Waals surface area contributed by atoms with Gasteiger partial charge in [-0.15, -0.1) is 8.67 Å². The van der Waals surface area contributed by atoms with Crippen molar-refractivity contribution in [1.82, 2.24) is 35.6 Å². The Kier molecular flexibility index (Phi) is 34.5. The largest absolute Gasteiger partial charge is 0.480 e. The molecule has 0 aromatic rings. The van der Waals surface area contributed by atoms with Crippen LogP contribution in [0.4, 0.5) is 0 Å². The Morgan fingerprint density at radius 3 is 1.79 bits per heavy atom. The predicted octanol–water partition coefficient (Wildman–Crippen LogP) is -2.28. The first-order valence-corrected chi connectivity index (χ1v) is 24.3. The lowest BCUT2D eigenvalue weighted by molar-refractivity contribution is -0.433. The number of aliphatic carboxylic acids is 2. The highest BCUT2D eigenvalue weighted by molar-refractivity contribution is 7.95. The van der Waals surface area contributed by atoms with Gasteiger partial charge in [0.2, 0.25) is 17.7 Å². The highest BCUT2D eigenvalue weighted by Gasteiger charge is 2.46. The number of ether oxygens (including phenoxy) is 5. The van der Waals surface area contributed by atoms with E-state index in [1.807, 2.05) is 18.7 Å². The first-order valence-electron chi connectivity index (χ1n) is 22.6. The summed E-state index contributed by atoms with van der Waals surface area (Å²) < 4.78 is 36.5. The van der Waals surface area contributed by atoms with Crippen molar-refractivity contribution in [2.75, 3.05) is 144 Å². The molecular formula is C39H73N7O20S2. The third-order valence-electron chi connectivity index (χ3n) is 10.5. The number of carboxylic acid groups (broad SMARTS) is 2. The predicted molar refractivity (Wildman–Crippen MR) is 241 cm³/mol. The lowest BCUT2D eigenvalue weighted by Crippen LogP contribution is -2.58. The fourth-order valence-corrected chi connectivity index (χ4v) is 8.02. The van der Waals surface area contributed by atoms with Crippen LogP contribution in [0.5, 0.6) is 0 Å². The molecule has 3 amide bonds. The number of aliphatic hydroxyl groups excluding tert-OH is 2. The van der Waals surface area contributed by atoms with Gasteiger partial charge >= 0.3 is 11.9 Å².